The van der Waals surface area contributed by atoms with E-state index in [1.807, 2.05) is 25.8 Å². The van der Waals surface area contributed by atoms with E-state index in [9.17, 15) is 4.79 Å². The average molecular weight is 293 g/mol. The summed E-state index contributed by atoms with van der Waals surface area (Å²) in [5.74, 6) is 1.94. The minimum atomic E-state index is 0.0117. The van der Waals surface area contributed by atoms with E-state index in [-0.39, 0.29) is 11.8 Å². The number of hydrogen-bond acceptors (Lipinski definition) is 5. The summed E-state index contributed by atoms with van der Waals surface area (Å²) in [6, 6.07) is 0. The van der Waals surface area contributed by atoms with Gasteiger partial charge < -0.3 is 15.5 Å². The Morgan fingerprint density at radius 1 is 1.33 bits per heavy atom. The molecule has 2 N–H and O–H groups in total. The molecular formula is C15H27N5O. The summed E-state index contributed by atoms with van der Waals surface area (Å²) in [7, 11) is 1.88. The maximum absolute atomic E-state index is 11.9. The molecule has 1 aromatic rings. The lowest BCUT2D eigenvalue weighted by atomic mass is 10.0. The van der Waals surface area contributed by atoms with Crippen molar-refractivity contribution in [2.45, 2.75) is 40.0 Å². The van der Waals surface area contributed by atoms with Crippen LogP contribution >= 0.6 is 0 Å². The Morgan fingerprint density at radius 2 is 2.05 bits per heavy atom. The summed E-state index contributed by atoms with van der Waals surface area (Å²) in [6.45, 7) is 10.1. The van der Waals surface area contributed by atoms with Crippen LogP contribution in [-0.2, 0) is 4.79 Å². The Hall–Kier alpha value is -1.85. The van der Waals surface area contributed by atoms with Gasteiger partial charge >= 0.3 is 0 Å². The fourth-order valence-corrected chi connectivity index (χ4v) is 2.14. The van der Waals surface area contributed by atoms with Gasteiger partial charge in [-0.3, -0.25) is 4.79 Å². The number of carbonyl (C=O) groups excluding carboxylic acids is 1. The topological polar surface area (TPSA) is 70.2 Å². The van der Waals surface area contributed by atoms with Gasteiger partial charge in [0.1, 0.15) is 18.0 Å². The van der Waals surface area contributed by atoms with Crippen LogP contribution in [0.1, 0.15) is 45.6 Å². The van der Waals surface area contributed by atoms with Crippen molar-refractivity contribution >= 4 is 17.5 Å². The quantitative estimate of drug-likeness (QED) is 0.767. The number of amides is 1. The van der Waals surface area contributed by atoms with E-state index >= 15 is 0 Å². The molecule has 6 heteroatoms. The summed E-state index contributed by atoms with van der Waals surface area (Å²) >= 11 is 0. The average Bonchev–Trinajstić information content (AvgIpc) is 2.44. The van der Waals surface area contributed by atoms with Crippen LogP contribution in [0.4, 0.5) is 11.6 Å². The van der Waals surface area contributed by atoms with Crippen molar-refractivity contribution in [3.63, 3.8) is 0 Å². The van der Waals surface area contributed by atoms with Crippen molar-refractivity contribution in [3.05, 3.63) is 11.9 Å². The van der Waals surface area contributed by atoms with E-state index < -0.39 is 0 Å². The predicted molar refractivity (Wildman–Crippen MR) is 86.9 cm³/mol. The lowest BCUT2D eigenvalue weighted by molar-refractivity contribution is -0.119. The Morgan fingerprint density at radius 3 is 2.62 bits per heavy atom. The van der Waals surface area contributed by atoms with E-state index in [4.69, 9.17) is 0 Å². The van der Waals surface area contributed by atoms with Crippen molar-refractivity contribution in [2.75, 3.05) is 36.9 Å². The van der Waals surface area contributed by atoms with Gasteiger partial charge in [0.05, 0.1) is 6.54 Å². The van der Waals surface area contributed by atoms with Crippen molar-refractivity contribution in [1.82, 2.24) is 15.3 Å². The molecule has 1 rings (SSSR count). The first kappa shape index (κ1) is 17.2. The van der Waals surface area contributed by atoms with Gasteiger partial charge in [0, 0.05) is 25.7 Å². The lowest BCUT2D eigenvalue weighted by Gasteiger charge is -2.23. The first-order valence-corrected chi connectivity index (χ1v) is 7.57. The number of hydrogen-bond donors (Lipinski definition) is 2. The number of aromatic nitrogens is 2. The maximum Gasteiger partial charge on any atom is 0.239 e. The lowest BCUT2D eigenvalue weighted by Crippen LogP contribution is -2.36. The number of anilines is 2. The zero-order valence-corrected chi connectivity index (χ0v) is 13.7. The molecule has 1 heterocycles. The molecule has 0 saturated heterocycles. The third kappa shape index (κ3) is 4.88. The Bertz CT molecular complexity index is 461. The van der Waals surface area contributed by atoms with Crippen LogP contribution in [0.3, 0.4) is 0 Å². The molecule has 1 aromatic heterocycles. The summed E-state index contributed by atoms with van der Waals surface area (Å²) < 4.78 is 0. The maximum atomic E-state index is 11.9. The fraction of sp³-hybridized carbons (Fsp3) is 0.667. The van der Waals surface area contributed by atoms with Gasteiger partial charge in [-0.2, -0.15) is 0 Å². The Balaban J connectivity index is 2.95. The zero-order valence-electron chi connectivity index (χ0n) is 13.7. The minimum absolute atomic E-state index is 0.0117. The van der Waals surface area contributed by atoms with Crippen LogP contribution in [0.2, 0.25) is 0 Å². The highest BCUT2D eigenvalue weighted by molar-refractivity contribution is 5.81. The largest absolute Gasteiger partial charge is 0.370 e. The molecule has 0 aliphatic rings. The minimum Gasteiger partial charge on any atom is -0.370 e. The van der Waals surface area contributed by atoms with Crippen LogP contribution in [-0.4, -0.2) is 42.6 Å². The normalized spacial score (nSPS) is 10.6. The van der Waals surface area contributed by atoms with Gasteiger partial charge in [-0.15, -0.1) is 0 Å². The summed E-state index contributed by atoms with van der Waals surface area (Å²) in [5.41, 5.74) is 1.05. The van der Waals surface area contributed by atoms with E-state index in [2.05, 4.69) is 34.4 Å². The molecule has 0 radical (unpaired) electrons. The van der Waals surface area contributed by atoms with Crippen LogP contribution in [0.15, 0.2) is 6.33 Å². The number of rotatable bonds is 8. The van der Waals surface area contributed by atoms with Gasteiger partial charge in [0.25, 0.3) is 0 Å². The van der Waals surface area contributed by atoms with Gasteiger partial charge in [0.2, 0.25) is 5.91 Å². The second-order valence-corrected chi connectivity index (χ2v) is 5.35. The molecule has 1 amide bonds. The van der Waals surface area contributed by atoms with E-state index in [0.717, 1.165) is 30.2 Å². The highest BCUT2D eigenvalue weighted by atomic mass is 16.2. The summed E-state index contributed by atoms with van der Waals surface area (Å²) in [4.78, 5) is 22.4. The first-order valence-electron chi connectivity index (χ1n) is 7.57. The molecule has 0 unspecified atom stereocenters. The van der Waals surface area contributed by atoms with Gasteiger partial charge in [0.15, 0.2) is 0 Å². The summed E-state index contributed by atoms with van der Waals surface area (Å²) in [5, 5.41) is 6.14. The van der Waals surface area contributed by atoms with Crippen LogP contribution < -0.4 is 15.5 Å². The standard InChI is InChI=1S/C15H27N5O/c1-6-8-17-12(21)9-20(5)15-13(11(3)4)14(16-7-2)18-10-19-15/h10-11H,6-9H2,1-5H3,(H,17,21)(H,16,18,19). The molecule has 0 aliphatic carbocycles. The highest BCUT2D eigenvalue weighted by Gasteiger charge is 2.18. The molecule has 0 spiro atoms. The van der Waals surface area contributed by atoms with Crippen molar-refractivity contribution in [2.24, 2.45) is 0 Å². The van der Waals surface area contributed by atoms with Gasteiger partial charge in [-0.25, -0.2) is 9.97 Å². The third-order valence-electron chi connectivity index (χ3n) is 3.10. The molecule has 21 heavy (non-hydrogen) atoms. The van der Waals surface area contributed by atoms with Gasteiger partial charge in [-0.1, -0.05) is 20.8 Å². The first-order chi connectivity index (χ1) is 10.0. The Kier molecular flexibility index (Phi) is 6.91. The zero-order chi connectivity index (χ0) is 15.8. The third-order valence-corrected chi connectivity index (χ3v) is 3.10. The second kappa shape index (κ2) is 8.44. The van der Waals surface area contributed by atoms with Crippen molar-refractivity contribution < 1.29 is 4.79 Å². The second-order valence-electron chi connectivity index (χ2n) is 5.35. The number of nitrogens with zero attached hydrogens (tertiary/aromatic N) is 3. The molecule has 0 bridgehead atoms. The molecule has 0 atom stereocenters. The van der Waals surface area contributed by atoms with E-state index in [1.54, 1.807) is 6.33 Å². The molecule has 0 aromatic carbocycles. The van der Waals surface area contributed by atoms with Crippen LogP contribution in [0.5, 0.6) is 0 Å². The van der Waals surface area contributed by atoms with E-state index in [1.165, 1.54) is 0 Å². The SMILES string of the molecule is CCCNC(=O)CN(C)c1ncnc(NCC)c1C(C)C. The van der Waals surface area contributed by atoms with E-state index in [0.29, 0.717) is 13.1 Å². The monoisotopic (exact) mass is 293 g/mol. The molecule has 6 nitrogen and oxygen atoms in total. The molecule has 118 valence electrons. The van der Waals surface area contributed by atoms with Gasteiger partial charge in [-0.05, 0) is 19.3 Å². The number of carbonyl (C=O) groups is 1. The molecule has 0 aliphatic heterocycles. The van der Waals surface area contributed by atoms with Crippen LogP contribution in [0.25, 0.3) is 0 Å². The molecule has 0 fully saturated rings. The summed E-state index contributed by atoms with van der Waals surface area (Å²) in [6.07, 6.45) is 2.48. The van der Waals surface area contributed by atoms with Crippen molar-refractivity contribution in [1.29, 1.82) is 0 Å². The molecule has 0 saturated carbocycles. The smallest absolute Gasteiger partial charge is 0.239 e. The van der Waals surface area contributed by atoms with Crippen LogP contribution in [0, 0.1) is 0 Å². The molecular weight excluding hydrogens is 266 g/mol. The highest BCUT2D eigenvalue weighted by Crippen LogP contribution is 2.29. The van der Waals surface area contributed by atoms with Crippen molar-refractivity contribution in [3.8, 4) is 0 Å². The number of likely N-dealkylation sites (N-methyl/N-ethyl adjacent to an activating group) is 1. The fourth-order valence-electron chi connectivity index (χ4n) is 2.14. The predicted octanol–water partition coefficient (Wildman–Crippen LogP) is 1.99. The number of nitrogens with one attached hydrogen (secondary N) is 2. The Labute approximate surface area is 127 Å².